The lowest BCUT2D eigenvalue weighted by molar-refractivity contribution is 0.0709. The molecular weight excluding hydrogens is 360 g/mol. The first-order valence-corrected chi connectivity index (χ1v) is 9.25. The second-order valence-electron chi connectivity index (χ2n) is 6.69. The lowest BCUT2D eigenvalue weighted by atomic mass is 10.1. The number of hydrogen-bond donors (Lipinski definition) is 0. The van der Waals surface area contributed by atoms with Crippen LogP contribution in [0.2, 0.25) is 0 Å². The highest BCUT2D eigenvalue weighted by Gasteiger charge is 2.35. The van der Waals surface area contributed by atoms with E-state index in [4.69, 9.17) is 14.0 Å². The van der Waals surface area contributed by atoms with Crippen molar-refractivity contribution in [1.29, 1.82) is 0 Å². The van der Waals surface area contributed by atoms with Crippen LogP contribution in [-0.2, 0) is 0 Å². The van der Waals surface area contributed by atoms with Crippen LogP contribution in [0, 0.1) is 0 Å². The van der Waals surface area contributed by atoms with Crippen LogP contribution in [0.1, 0.15) is 35.1 Å². The van der Waals surface area contributed by atoms with Crippen molar-refractivity contribution in [1.82, 2.24) is 20.0 Å². The largest absolute Gasteiger partial charge is 0.486 e. The summed E-state index contributed by atoms with van der Waals surface area (Å²) in [5.41, 5.74) is 1.20. The van der Waals surface area contributed by atoms with Crippen molar-refractivity contribution in [2.24, 2.45) is 0 Å². The number of pyridine rings is 1. The van der Waals surface area contributed by atoms with Gasteiger partial charge in [0.2, 0.25) is 11.7 Å². The Balaban J connectivity index is 1.40. The molecule has 1 atom stereocenters. The Morgan fingerprint density at radius 1 is 1.11 bits per heavy atom. The zero-order chi connectivity index (χ0) is 18.9. The Hall–Kier alpha value is -3.42. The number of rotatable bonds is 3. The highest BCUT2D eigenvalue weighted by molar-refractivity contribution is 5.95. The number of aromatic nitrogens is 3. The third-order valence-electron chi connectivity index (χ3n) is 4.92. The topological polar surface area (TPSA) is 90.6 Å². The molecule has 0 spiro atoms. The number of ether oxygens (including phenoxy) is 2. The van der Waals surface area contributed by atoms with E-state index < -0.39 is 0 Å². The molecule has 0 unspecified atom stereocenters. The maximum absolute atomic E-state index is 13.1. The van der Waals surface area contributed by atoms with Gasteiger partial charge < -0.3 is 18.9 Å². The van der Waals surface area contributed by atoms with Crippen molar-refractivity contribution >= 4 is 5.91 Å². The molecule has 0 saturated carbocycles. The van der Waals surface area contributed by atoms with Crippen LogP contribution in [0.25, 0.3) is 11.5 Å². The SMILES string of the molecule is O=C(c1ccc2c(c1)OCCO2)N1CCC[C@H]1c1nc(-c2ccccn2)no1. The Kier molecular flexibility index (Phi) is 4.16. The van der Waals surface area contributed by atoms with Gasteiger partial charge in [-0.05, 0) is 43.2 Å². The van der Waals surface area contributed by atoms with Crippen LogP contribution < -0.4 is 9.47 Å². The fraction of sp³-hybridized carbons (Fsp3) is 0.300. The predicted molar refractivity (Wildman–Crippen MR) is 98.0 cm³/mol. The highest BCUT2D eigenvalue weighted by atomic mass is 16.6. The van der Waals surface area contributed by atoms with Gasteiger partial charge in [0.1, 0.15) is 24.9 Å². The molecular formula is C20H18N4O4. The van der Waals surface area contributed by atoms with E-state index in [0.717, 1.165) is 12.8 Å². The summed E-state index contributed by atoms with van der Waals surface area (Å²) >= 11 is 0. The zero-order valence-electron chi connectivity index (χ0n) is 15.1. The van der Waals surface area contributed by atoms with Gasteiger partial charge in [0.25, 0.3) is 5.91 Å². The predicted octanol–water partition coefficient (Wildman–Crippen LogP) is 2.88. The summed E-state index contributed by atoms with van der Waals surface area (Å²) in [4.78, 5) is 23.6. The Morgan fingerprint density at radius 2 is 2.00 bits per heavy atom. The Labute approximate surface area is 161 Å². The van der Waals surface area contributed by atoms with Gasteiger partial charge in [0, 0.05) is 18.3 Å². The summed E-state index contributed by atoms with van der Waals surface area (Å²) in [6, 6.07) is 10.5. The molecule has 0 radical (unpaired) electrons. The van der Waals surface area contributed by atoms with Gasteiger partial charge in [-0.2, -0.15) is 4.98 Å². The van der Waals surface area contributed by atoms with E-state index in [0.29, 0.717) is 54.2 Å². The third kappa shape index (κ3) is 2.96. The lowest BCUT2D eigenvalue weighted by Gasteiger charge is -2.23. The zero-order valence-corrected chi connectivity index (χ0v) is 15.1. The van der Waals surface area contributed by atoms with E-state index in [-0.39, 0.29) is 11.9 Å². The minimum absolute atomic E-state index is 0.0861. The summed E-state index contributed by atoms with van der Waals surface area (Å²) in [6.07, 6.45) is 3.33. The minimum atomic E-state index is -0.245. The quantitative estimate of drug-likeness (QED) is 0.692. The van der Waals surface area contributed by atoms with Crippen LogP contribution in [0.3, 0.4) is 0 Å². The number of fused-ring (bicyclic) bond motifs is 1. The molecule has 2 aliphatic rings. The summed E-state index contributed by atoms with van der Waals surface area (Å²) in [5, 5.41) is 4.03. The van der Waals surface area contributed by atoms with E-state index in [1.165, 1.54) is 0 Å². The number of amides is 1. The lowest BCUT2D eigenvalue weighted by Crippen LogP contribution is -2.31. The molecule has 142 valence electrons. The minimum Gasteiger partial charge on any atom is -0.486 e. The number of carbonyl (C=O) groups excluding carboxylic acids is 1. The van der Waals surface area contributed by atoms with Crippen molar-refractivity contribution in [2.45, 2.75) is 18.9 Å². The fourth-order valence-electron chi connectivity index (χ4n) is 3.58. The van der Waals surface area contributed by atoms with Gasteiger partial charge in [-0.3, -0.25) is 9.78 Å². The van der Waals surface area contributed by atoms with Crippen molar-refractivity contribution in [3.05, 3.63) is 54.0 Å². The molecule has 3 aromatic rings. The molecule has 2 aliphatic heterocycles. The normalized spacial score (nSPS) is 18.3. The monoisotopic (exact) mass is 378 g/mol. The molecule has 1 saturated heterocycles. The highest BCUT2D eigenvalue weighted by Crippen LogP contribution is 2.35. The number of nitrogens with zero attached hydrogens (tertiary/aromatic N) is 4. The van der Waals surface area contributed by atoms with E-state index in [9.17, 15) is 4.79 Å². The van der Waals surface area contributed by atoms with Crippen LogP contribution in [0.5, 0.6) is 11.5 Å². The second kappa shape index (κ2) is 6.95. The Bertz CT molecular complexity index is 1000. The molecule has 8 heteroatoms. The van der Waals surface area contributed by atoms with Crippen molar-refractivity contribution in [3.63, 3.8) is 0 Å². The molecule has 8 nitrogen and oxygen atoms in total. The van der Waals surface area contributed by atoms with Crippen molar-refractivity contribution < 1.29 is 18.8 Å². The maximum Gasteiger partial charge on any atom is 0.254 e. The molecule has 2 aromatic heterocycles. The van der Waals surface area contributed by atoms with Crippen LogP contribution in [0.4, 0.5) is 0 Å². The summed E-state index contributed by atoms with van der Waals surface area (Å²) in [7, 11) is 0. The number of likely N-dealkylation sites (tertiary alicyclic amines) is 1. The number of hydrogen-bond acceptors (Lipinski definition) is 7. The first kappa shape index (κ1) is 16.7. The van der Waals surface area contributed by atoms with E-state index in [1.54, 1.807) is 29.3 Å². The van der Waals surface area contributed by atoms with Gasteiger partial charge in [0.05, 0.1) is 0 Å². The average Bonchev–Trinajstić information content (AvgIpc) is 3.43. The standard InChI is InChI=1S/C20H18N4O4/c25-20(13-6-7-16-17(12-13)27-11-10-26-16)24-9-3-5-15(24)19-22-18(23-28-19)14-4-1-2-8-21-14/h1-2,4,6-8,12,15H,3,5,9-11H2/t15-/m0/s1. The van der Waals surface area contributed by atoms with E-state index in [2.05, 4.69) is 15.1 Å². The van der Waals surface area contributed by atoms with Crippen molar-refractivity contribution in [3.8, 4) is 23.0 Å². The molecule has 4 heterocycles. The maximum atomic E-state index is 13.1. The second-order valence-corrected chi connectivity index (χ2v) is 6.69. The average molecular weight is 378 g/mol. The fourth-order valence-corrected chi connectivity index (χ4v) is 3.58. The summed E-state index contributed by atoms with van der Waals surface area (Å²) < 4.78 is 16.6. The molecule has 1 fully saturated rings. The number of carbonyl (C=O) groups is 1. The smallest absolute Gasteiger partial charge is 0.254 e. The van der Waals surface area contributed by atoms with E-state index in [1.807, 2.05) is 18.2 Å². The van der Waals surface area contributed by atoms with Crippen LogP contribution in [0.15, 0.2) is 47.1 Å². The molecule has 1 aromatic carbocycles. The molecule has 5 rings (SSSR count). The molecule has 0 bridgehead atoms. The first-order chi connectivity index (χ1) is 13.8. The molecule has 1 amide bonds. The number of benzene rings is 1. The van der Waals surface area contributed by atoms with Gasteiger partial charge >= 0.3 is 0 Å². The van der Waals surface area contributed by atoms with Crippen LogP contribution >= 0.6 is 0 Å². The molecule has 0 N–H and O–H groups in total. The van der Waals surface area contributed by atoms with Crippen molar-refractivity contribution in [2.75, 3.05) is 19.8 Å². The van der Waals surface area contributed by atoms with Gasteiger partial charge in [-0.25, -0.2) is 0 Å². The first-order valence-electron chi connectivity index (χ1n) is 9.25. The summed E-state index contributed by atoms with van der Waals surface area (Å²) in [5.74, 6) is 2.04. The Morgan fingerprint density at radius 3 is 2.86 bits per heavy atom. The molecule has 0 aliphatic carbocycles. The van der Waals surface area contributed by atoms with E-state index >= 15 is 0 Å². The van der Waals surface area contributed by atoms with Gasteiger partial charge in [-0.1, -0.05) is 11.2 Å². The third-order valence-corrected chi connectivity index (χ3v) is 4.92. The van der Waals surface area contributed by atoms with Gasteiger partial charge in [0.15, 0.2) is 11.5 Å². The van der Waals surface area contributed by atoms with Gasteiger partial charge in [-0.15, -0.1) is 0 Å². The molecule has 28 heavy (non-hydrogen) atoms. The van der Waals surface area contributed by atoms with Crippen LogP contribution in [-0.4, -0.2) is 45.7 Å². The summed E-state index contributed by atoms with van der Waals surface area (Å²) in [6.45, 7) is 1.64.